The molecule has 20 heavy (non-hydrogen) atoms. The normalized spacial score (nSPS) is 13.8. The molecule has 0 aromatic carbocycles. The maximum atomic E-state index is 12.1. The molecule has 6 nitrogen and oxygen atoms in total. The first kappa shape index (κ1) is 16.4. The number of nitrogens with two attached hydrogens (primary N) is 1. The van der Waals surface area contributed by atoms with Gasteiger partial charge in [-0.05, 0) is 19.4 Å². The van der Waals surface area contributed by atoms with E-state index in [0.29, 0.717) is 25.3 Å². The molecular formula is C14H23N3O3. The quantitative estimate of drug-likeness (QED) is 0.779. The summed E-state index contributed by atoms with van der Waals surface area (Å²) < 4.78 is 6.43. The van der Waals surface area contributed by atoms with Crippen molar-refractivity contribution in [2.24, 2.45) is 5.73 Å². The van der Waals surface area contributed by atoms with Gasteiger partial charge in [-0.25, -0.2) is 0 Å². The van der Waals surface area contributed by atoms with Crippen LogP contribution in [0, 0.1) is 0 Å². The fraction of sp³-hybridized carbons (Fsp3) is 0.571. The van der Waals surface area contributed by atoms with E-state index < -0.39 is 5.54 Å². The molecule has 6 heteroatoms. The fourth-order valence-corrected chi connectivity index (χ4v) is 1.88. The van der Waals surface area contributed by atoms with Crippen LogP contribution in [0.4, 0.5) is 5.69 Å². The summed E-state index contributed by atoms with van der Waals surface area (Å²) in [6, 6.07) is 2.99. The van der Waals surface area contributed by atoms with E-state index in [0.717, 1.165) is 6.42 Å². The lowest BCUT2D eigenvalue weighted by Crippen LogP contribution is -2.48. The number of hydrogen-bond donors (Lipinski definition) is 2. The van der Waals surface area contributed by atoms with E-state index in [1.165, 1.54) is 10.6 Å². The number of amides is 1. The molecule has 0 aliphatic rings. The average Bonchev–Trinajstić information content (AvgIpc) is 2.39. The summed E-state index contributed by atoms with van der Waals surface area (Å²) >= 11 is 0. The second-order valence-corrected chi connectivity index (χ2v) is 5.06. The third kappa shape index (κ3) is 4.47. The minimum Gasteiger partial charge on any atom is -0.383 e. The van der Waals surface area contributed by atoms with Crippen molar-refractivity contribution in [3.63, 3.8) is 0 Å². The lowest BCUT2D eigenvalue weighted by atomic mass is 9.96. The summed E-state index contributed by atoms with van der Waals surface area (Å²) in [6.07, 6.45) is 3.02. The van der Waals surface area contributed by atoms with Crippen molar-refractivity contribution in [1.29, 1.82) is 0 Å². The topological polar surface area (TPSA) is 86.4 Å². The van der Waals surface area contributed by atoms with E-state index >= 15 is 0 Å². The number of carbonyl (C=O) groups is 1. The Bertz CT molecular complexity index is 509. The van der Waals surface area contributed by atoms with Gasteiger partial charge < -0.3 is 20.4 Å². The number of methoxy groups -OCH3 is 1. The molecule has 0 saturated heterocycles. The smallest absolute Gasteiger partial charge is 0.250 e. The highest BCUT2D eigenvalue weighted by molar-refractivity contribution is 5.97. The van der Waals surface area contributed by atoms with E-state index in [2.05, 4.69) is 5.32 Å². The minimum atomic E-state index is -0.914. The standard InChI is InChI=1S/C14H23N3O3/c1-4-7-14(2,15)13(19)16-11-5-6-12(18)17(10-11)8-9-20-3/h5-6,10H,4,7-9,15H2,1-3H3,(H,16,19). The van der Waals surface area contributed by atoms with Crippen molar-refractivity contribution in [3.8, 4) is 0 Å². The number of nitrogens with zero attached hydrogens (tertiary/aromatic N) is 1. The average molecular weight is 281 g/mol. The molecule has 112 valence electrons. The highest BCUT2D eigenvalue weighted by Gasteiger charge is 2.27. The van der Waals surface area contributed by atoms with Gasteiger partial charge in [-0.15, -0.1) is 0 Å². The van der Waals surface area contributed by atoms with Crippen molar-refractivity contribution in [2.75, 3.05) is 19.0 Å². The van der Waals surface area contributed by atoms with Gasteiger partial charge in [0, 0.05) is 25.9 Å². The van der Waals surface area contributed by atoms with Crippen LogP contribution in [-0.2, 0) is 16.1 Å². The molecule has 3 N–H and O–H groups in total. The zero-order valence-corrected chi connectivity index (χ0v) is 12.3. The van der Waals surface area contributed by atoms with E-state index in [9.17, 15) is 9.59 Å². The molecule has 1 aromatic rings. The molecule has 1 amide bonds. The van der Waals surface area contributed by atoms with Crippen LogP contribution >= 0.6 is 0 Å². The summed E-state index contributed by atoms with van der Waals surface area (Å²) in [5.74, 6) is -0.253. The minimum absolute atomic E-state index is 0.135. The van der Waals surface area contributed by atoms with Crippen LogP contribution in [0.3, 0.4) is 0 Å². The number of nitrogens with one attached hydrogen (secondary N) is 1. The van der Waals surface area contributed by atoms with Crippen LogP contribution in [0.5, 0.6) is 0 Å². The fourth-order valence-electron chi connectivity index (χ4n) is 1.88. The Morgan fingerprint density at radius 1 is 1.50 bits per heavy atom. The Balaban J connectivity index is 2.82. The maximum absolute atomic E-state index is 12.1. The van der Waals surface area contributed by atoms with Gasteiger partial charge in [0.1, 0.15) is 0 Å². The van der Waals surface area contributed by atoms with Crippen molar-refractivity contribution in [3.05, 3.63) is 28.7 Å². The van der Waals surface area contributed by atoms with Crippen LogP contribution in [0.2, 0.25) is 0 Å². The second-order valence-electron chi connectivity index (χ2n) is 5.06. The van der Waals surface area contributed by atoms with Crippen LogP contribution in [0.15, 0.2) is 23.1 Å². The first-order valence-corrected chi connectivity index (χ1v) is 6.70. The van der Waals surface area contributed by atoms with E-state index in [1.807, 2.05) is 6.92 Å². The SMILES string of the molecule is CCCC(C)(N)C(=O)Nc1ccc(=O)n(CCOC)c1. The number of pyridine rings is 1. The van der Waals surface area contributed by atoms with Gasteiger partial charge in [-0.2, -0.15) is 0 Å². The van der Waals surface area contributed by atoms with Gasteiger partial charge in [-0.1, -0.05) is 13.3 Å². The largest absolute Gasteiger partial charge is 0.383 e. The highest BCUT2D eigenvalue weighted by Crippen LogP contribution is 2.12. The Morgan fingerprint density at radius 2 is 2.20 bits per heavy atom. The van der Waals surface area contributed by atoms with Crippen molar-refractivity contribution in [1.82, 2.24) is 4.57 Å². The predicted molar refractivity (Wildman–Crippen MR) is 78.7 cm³/mol. The van der Waals surface area contributed by atoms with Crippen molar-refractivity contribution < 1.29 is 9.53 Å². The summed E-state index contributed by atoms with van der Waals surface area (Å²) in [7, 11) is 1.57. The van der Waals surface area contributed by atoms with Crippen LogP contribution in [0.1, 0.15) is 26.7 Å². The molecule has 0 aliphatic carbocycles. The van der Waals surface area contributed by atoms with Crippen molar-refractivity contribution >= 4 is 11.6 Å². The first-order valence-electron chi connectivity index (χ1n) is 6.70. The van der Waals surface area contributed by atoms with Crippen LogP contribution < -0.4 is 16.6 Å². The molecule has 1 aromatic heterocycles. The zero-order valence-electron chi connectivity index (χ0n) is 12.3. The lowest BCUT2D eigenvalue weighted by molar-refractivity contribution is -0.120. The van der Waals surface area contributed by atoms with Gasteiger partial charge >= 0.3 is 0 Å². The third-order valence-corrected chi connectivity index (χ3v) is 3.07. The molecule has 0 spiro atoms. The predicted octanol–water partition coefficient (Wildman–Crippen LogP) is 0.951. The summed E-state index contributed by atoms with van der Waals surface area (Å²) in [6.45, 7) is 4.55. The molecule has 1 atom stereocenters. The Kier molecular flexibility index (Phi) is 5.91. The molecular weight excluding hydrogens is 258 g/mol. The van der Waals surface area contributed by atoms with E-state index in [-0.39, 0.29) is 11.5 Å². The summed E-state index contributed by atoms with van der Waals surface area (Å²) in [4.78, 5) is 23.7. The van der Waals surface area contributed by atoms with E-state index in [1.54, 1.807) is 26.3 Å². The zero-order chi connectivity index (χ0) is 15.2. The number of carbonyl (C=O) groups excluding carboxylic acids is 1. The molecule has 0 saturated carbocycles. The molecule has 1 heterocycles. The number of hydrogen-bond acceptors (Lipinski definition) is 4. The van der Waals surface area contributed by atoms with Crippen LogP contribution in [0.25, 0.3) is 0 Å². The summed E-state index contributed by atoms with van der Waals surface area (Å²) in [5, 5.41) is 2.75. The summed E-state index contributed by atoms with van der Waals surface area (Å²) in [5.41, 5.74) is 5.47. The number of ether oxygens (including phenoxy) is 1. The van der Waals surface area contributed by atoms with Gasteiger partial charge in [0.2, 0.25) is 5.91 Å². The van der Waals surface area contributed by atoms with Gasteiger partial charge in [0.25, 0.3) is 5.56 Å². The molecule has 0 fully saturated rings. The highest BCUT2D eigenvalue weighted by atomic mass is 16.5. The number of aromatic nitrogens is 1. The maximum Gasteiger partial charge on any atom is 0.250 e. The second kappa shape index (κ2) is 7.21. The monoisotopic (exact) mass is 281 g/mol. The molecule has 0 aliphatic heterocycles. The van der Waals surface area contributed by atoms with Crippen molar-refractivity contribution in [2.45, 2.75) is 38.8 Å². The number of anilines is 1. The van der Waals surface area contributed by atoms with Gasteiger partial charge in [0.05, 0.1) is 17.8 Å². The van der Waals surface area contributed by atoms with E-state index in [4.69, 9.17) is 10.5 Å². The lowest BCUT2D eigenvalue weighted by Gasteiger charge is -2.23. The first-order chi connectivity index (χ1) is 9.40. The Hall–Kier alpha value is -1.66. The number of rotatable bonds is 7. The molecule has 0 radical (unpaired) electrons. The third-order valence-electron chi connectivity index (χ3n) is 3.07. The van der Waals surface area contributed by atoms with Crippen LogP contribution in [-0.4, -0.2) is 29.7 Å². The molecule has 0 bridgehead atoms. The Labute approximate surface area is 118 Å². The molecule has 1 unspecified atom stereocenters. The Morgan fingerprint density at radius 3 is 2.80 bits per heavy atom. The van der Waals surface area contributed by atoms with Gasteiger partial charge in [0.15, 0.2) is 0 Å². The molecule has 1 rings (SSSR count). The van der Waals surface area contributed by atoms with Gasteiger partial charge in [-0.3, -0.25) is 9.59 Å².